The van der Waals surface area contributed by atoms with E-state index in [0.29, 0.717) is 18.8 Å². The highest BCUT2D eigenvalue weighted by molar-refractivity contribution is 5.92. The number of carbonyl (C=O) groups excluding carboxylic acids is 3. The highest BCUT2D eigenvalue weighted by atomic mass is 16.5. The number of benzene rings is 1. The number of esters is 2. The topological polar surface area (TPSA) is 84.9 Å². The van der Waals surface area contributed by atoms with E-state index in [1.807, 2.05) is 13.8 Å². The molecular formula is C17H22N2O5. The Morgan fingerprint density at radius 3 is 2.29 bits per heavy atom. The van der Waals surface area contributed by atoms with Gasteiger partial charge >= 0.3 is 18.0 Å². The zero-order valence-corrected chi connectivity index (χ0v) is 13.9. The van der Waals surface area contributed by atoms with Crippen LogP contribution in [0.4, 0.5) is 4.79 Å². The highest BCUT2D eigenvalue weighted by Crippen LogP contribution is 2.08. The van der Waals surface area contributed by atoms with Gasteiger partial charge in [-0.05, 0) is 26.0 Å². The molecule has 0 bridgehead atoms. The molecule has 0 spiro atoms. The molecule has 0 aromatic heterocycles. The van der Waals surface area contributed by atoms with Crippen LogP contribution in [-0.4, -0.2) is 49.1 Å². The maximum absolute atomic E-state index is 11.6. The Morgan fingerprint density at radius 1 is 1.04 bits per heavy atom. The van der Waals surface area contributed by atoms with Crippen molar-refractivity contribution < 1.29 is 23.9 Å². The summed E-state index contributed by atoms with van der Waals surface area (Å²) in [6.07, 6.45) is 1.97. The number of ether oxygens (including phenoxy) is 2. The molecule has 0 heterocycles. The molecule has 1 N–H and O–H groups in total. The lowest BCUT2D eigenvalue weighted by atomic mass is 10.3. The third-order valence-corrected chi connectivity index (χ3v) is 2.99. The summed E-state index contributed by atoms with van der Waals surface area (Å²) in [5.74, 6) is -0.968. The molecule has 0 saturated heterocycles. The zero-order valence-electron chi connectivity index (χ0n) is 13.9. The van der Waals surface area contributed by atoms with Crippen molar-refractivity contribution in [3.63, 3.8) is 0 Å². The lowest BCUT2D eigenvalue weighted by Gasteiger charge is -2.18. The summed E-state index contributed by atoms with van der Waals surface area (Å²) in [6, 6.07) is 8.30. The van der Waals surface area contributed by atoms with E-state index in [1.54, 1.807) is 35.2 Å². The minimum atomic E-state index is -0.683. The summed E-state index contributed by atoms with van der Waals surface area (Å²) in [5.41, 5.74) is 0. The van der Waals surface area contributed by atoms with Crippen LogP contribution in [0.1, 0.15) is 13.8 Å². The number of hydrogen-bond acceptors (Lipinski definition) is 5. The van der Waals surface area contributed by atoms with Gasteiger partial charge in [0.1, 0.15) is 12.4 Å². The Bertz CT molecular complexity index is 568. The fourth-order valence-electron chi connectivity index (χ4n) is 1.76. The molecule has 130 valence electrons. The second-order valence-electron chi connectivity index (χ2n) is 4.64. The van der Waals surface area contributed by atoms with Crippen molar-refractivity contribution in [1.29, 1.82) is 0 Å². The first-order valence-corrected chi connectivity index (χ1v) is 7.71. The molecule has 24 heavy (non-hydrogen) atoms. The number of urea groups is 1. The van der Waals surface area contributed by atoms with Gasteiger partial charge in [-0.15, -0.1) is 0 Å². The number of carbonyl (C=O) groups is 3. The van der Waals surface area contributed by atoms with E-state index in [0.717, 1.165) is 12.2 Å². The molecule has 1 aromatic carbocycles. The quantitative estimate of drug-likeness (QED) is 0.339. The molecule has 0 aliphatic heterocycles. The van der Waals surface area contributed by atoms with E-state index < -0.39 is 11.9 Å². The zero-order chi connectivity index (χ0) is 17.8. The first-order valence-electron chi connectivity index (χ1n) is 7.71. The second kappa shape index (κ2) is 10.8. The minimum absolute atomic E-state index is 0.0178. The van der Waals surface area contributed by atoms with Crippen LogP contribution < -0.4 is 10.1 Å². The van der Waals surface area contributed by atoms with Crippen LogP contribution >= 0.6 is 0 Å². The van der Waals surface area contributed by atoms with Gasteiger partial charge < -0.3 is 19.7 Å². The number of rotatable bonds is 8. The molecule has 0 radical (unpaired) electrons. The molecule has 1 aromatic rings. The molecule has 0 aliphatic carbocycles. The van der Waals surface area contributed by atoms with Gasteiger partial charge in [0.25, 0.3) is 0 Å². The summed E-state index contributed by atoms with van der Waals surface area (Å²) >= 11 is 0. The first kappa shape index (κ1) is 19.2. The largest absolute Gasteiger partial charge is 0.461 e. The molecule has 7 nitrogen and oxygen atoms in total. The van der Waals surface area contributed by atoms with Gasteiger partial charge in [-0.3, -0.25) is 0 Å². The van der Waals surface area contributed by atoms with Crippen molar-refractivity contribution in [2.45, 2.75) is 13.8 Å². The lowest BCUT2D eigenvalue weighted by Crippen LogP contribution is -2.41. The van der Waals surface area contributed by atoms with Crippen LogP contribution in [0.2, 0.25) is 0 Å². The lowest BCUT2D eigenvalue weighted by molar-refractivity contribution is -0.138. The predicted molar refractivity (Wildman–Crippen MR) is 88.5 cm³/mol. The van der Waals surface area contributed by atoms with Gasteiger partial charge in [0.15, 0.2) is 0 Å². The van der Waals surface area contributed by atoms with E-state index in [-0.39, 0.29) is 19.2 Å². The van der Waals surface area contributed by atoms with Gasteiger partial charge in [-0.2, -0.15) is 0 Å². The van der Waals surface area contributed by atoms with Gasteiger partial charge in [-0.25, -0.2) is 14.4 Å². The standard InChI is InChI=1S/C17H22N2O5/c1-3-19(4-2)17(22)18-12-13-23-15(20)10-11-16(21)24-14-8-6-5-7-9-14/h5-11H,3-4,12-13H2,1-2H3,(H,18,22)/b11-10+. The average Bonchev–Trinajstić information content (AvgIpc) is 2.59. The number of nitrogens with zero attached hydrogens (tertiary/aromatic N) is 1. The van der Waals surface area contributed by atoms with Crippen molar-refractivity contribution in [2.24, 2.45) is 0 Å². The number of para-hydroxylation sites is 1. The van der Waals surface area contributed by atoms with Crippen molar-refractivity contribution in [3.8, 4) is 5.75 Å². The van der Waals surface area contributed by atoms with E-state index in [2.05, 4.69) is 5.32 Å². The molecule has 0 fully saturated rings. The molecule has 1 rings (SSSR count). The molecule has 0 aliphatic rings. The van der Waals surface area contributed by atoms with Gasteiger partial charge in [0, 0.05) is 25.2 Å². The minimum Gasteiger partial charge on any atom is -0.461 e. The first-order chi connectivity index (χ1) is 11.6. The monoisotopic (exact) mass is 334 g/mol. The molecule has 0 saturated carbocycles. The van der Waals surface area contributed by atoms with Crippen molar-refractivity contribution in [3.05, 3.63) is 42.5 Å². The van der Waals surface area contributed by atoms with Crippen LogP contribution in [0.5, 0.6) is 5.75 Å². The fraction of sp³-hybridized carbons (Fsp3) is 0.353. The van der Waals surface area contributed by atoms with Gasteiger partial charge in [0.2, 0.25) is 0 Å². The summed E-state index contributed by atoms with van der Waals surface area (Å²) in [6.45, 7) is 5.18. The summed E-state index contributed by atoms with van der Waals surface area (Å²) in [5, 5.41) is 2.63. The third-order valence-electron chi connectivity index (χ3n) is 2.99. The number of hydrogen-bond donors (Lipinski definition) is 1. The summed E-state index contributed by atoms with van der Waals surface area (Å²) in [7, 11) is 0. The predicted octanol–water partition coefficient (Wildman–Crippen LogP) is 1.74. The van der Waals surface area contributed by atoms with E-state index in [9.17, 15) is 14.4 Å². The SMILES string of the molecule is CCN(CC)C(=O)NCCOC(=O)/C=C/C(=O)Oc1ccccc1. The smallest absolute Gasteiger partial charge is 0.336 e. The fourth-order valence-corrected chi connectivity index (χ4v) is 1.76. The van der Waals surface area contributed by atoms with Crippen molar-refractivity contribution >= 4 is 18.0 Å². The Kier molecular flexibility index (Phi) is 8.67. The van der Waals surface area contributed by atoms with Crippen LogP contribution in [0, 0.1) is 0 Å². The molecular weight excluding hydrogens is 312 g/mol. The summed E-state index contributed by atoms with van der Waals surface area (Å²) < 4.78 is 9.85. The summed E-state index contributed by atoms with van der Waals surface area (Å²) in [4.78, 5) is 36.2. The number of amides is 2. The Labute approximate surface area is 141 Å². The van der Waals surface area contributed by atoms with Crippen LogP contribution in [-0.2, 0) is 14.3 Å². The molecule has 0 atom stereocenters. The Balaban J connectivity index is 2.23. The van der Waals surface area contributed by atoms with Gasteiger partial charge in [0.05, 0.1) is 6.54 Å². The molecule has 0 unspecified atom stereocenters. The van der Waals surface area contributed by atoms with Crippen molar-refractivity contribution in [2.75, 3.05) is 26.2 Å². The highest BCUT2D eigenvalue weighted by Gasteiger charge is 2.08. The Hall–Kier alpha value is -2.83. The normalized spacial score (nSPS) is 10.2. The second-order valence-corrected chi connectivity index (χ2v) is 4.64. The van der Waals surface area contributed by atoms with Gasteiger partial charge in [-0.1, -0.05) is 18.2 Å². The van der Waals surface area contributed by atoms with Crippen LogP contribution in [0.25, 0.3) is 0 Å². The Morgan fingerprint density at radius 2 is 1.67 bits per heavy atom. The average molecular weight is 334 g/mol. The van der Waals surface area contributed by atoms with Crippen LogP contribution in [0.3, 0.4) is 0 Å². The maximum Gasteiger partial charge on any atom is 0.336 e. The molecule has 2 amide bonds. The van der Waals surface area contributed by atoms with Crippen molar-refractivity contribution in [1.82, 2.24) is 10.2 Å². The van der Waals surface area contributed by atoms with E-state index in [4.69, 9.17) is 9.47 Å². The molecule has 7 heteroatoms. The van der Waals surface area contributed by atoms with E-state index in [1.165, 1.54) is 0 Å². The number of nitrogens with one attached hydrogen (secondary N) is 1. The van der Waals surface area contributed by atoms with E-state index >= 15 is 0 Å². The third kappa shape index (κ3) is 7.44. The maximum atomic E-state index is 11.6. The van der Waals surface area contributed by atoms with Crippen LogP contribution in [0.15, 0.2) is 42.5 Å².